The molecule has 1 aliphatic rings. The zero-order chi connectivity index (χ0) is 14.5. The van der Waals surface area contributed by atoms with Crippen molar-refractivity contribution in [2.45, 2.75) is 72.5 Å². The van der Waals surface area contributed by atoms with E-state index in [1.54, 1.807) is 0 Å². The Morgan fingerprint density at radius 1 is 1.40 bits per heavy atom. The number of aryl methyl sites for hydroxylation is 1. The van der Waals surface area contributed by atoms with Crippen LogP contribution in [0, 0.1) is 17.8 Å². The highest BCUT2D eigenvalue weighted by atomic mass is 15.1. The topological polar surface area (TPSA) is 29.9 Å². The smallest absolute Gasteiger partial charge is 0.0948 e. The minimum absolute atomic E-state index is 0.670. The quantitative estimate of drug-likeness (QED) is 0.856. The van der Waals surface area contributed by atoms with Crippen LogP contribution in [-0.2, 0) is 13.1 Å². The standard InChI is InChI=1S/C17H31N3/c1-5-8-20-12-18-10-15(20)11-19-17-9-14(4)6-7-16(17)13(2)3/h10,12-14,16-17,19H,5-9,11H2,1-4H3. The molecular weight excluding hydrogens is 246 g/mol. The number of nitrogens with zero attached hydrogens (tertiary/aromatic N) is 2. The van der Waals surface area contributed by atoms with Crippen molar-refractivity contribution in [2.75, 3.05) is 0 Å². The second-order valence-electron chi connectivity index (χ2n) is 6.89. The van der Waals surface area contributed by atoms with E-state index in [9.17, 15) is 0 Å². The number of hydrogen-bond acceptors (Lipinski definition) is 2. The van der Waals surface area contributed by atoms with E-state index in [0.717, 1.165) is 30.8 Å². The highest BCUT2D eigenvalue weighted by molar-refractivity contribution is 4.99. The maximum Gasteiger partial charge on any atom is 0.0948 e. The van der Waals surface area contributed by atoms with E-state index in [1.165, 1.54) is 31.4 Å². The molecule has 0 bridgehead atoms. The molecule has 0 aromatic carbocycles. The summed E-state index contributed by atoms with van der Waals surface area (Å²) in [6, 6.07) is 0.670. The van der Waals surface area contributed by atoms with Crippen LogP contribution in [0.25, 0.3) is 0 Å². The first-order valence-corrected chi connectivity index (χ1v) is 8.34. The molecule has 1 N–H and O–H groups in total. The molecule has 114 valence electrons. The molecule has 1 aromatic heterocycles. The second-order valence-corrected chi connectivity index (χ2v) is 6.89. The van der Waals surface area contributed by atoms with Crippen LogP contribution in [0.15, 0.2) is 12.5 Å². The van der Waals surface area contributed by atoms with E-state index >= 15 is 0 Å². The third-order valence-corrected chi connectivity index (χ3v) is 4.83. The molecule has 0 radical (unpaired) electrons. The Labute approximate surface area is 124 Å². The number of nitrogens with one attached hydrogen (secondary N) is 1. The van der Waals surface area contributed by atoms with Gasteiger partial charge < -0.3 is 9.88 Å². The first-order chi connectivity index (χ1) is 9.61. The Morgan fingerprint density at radius 2 is 2.20 bits per heavy atom. The minimum Gasteiger partial charge on any atom is -0.333 e. The van der Waals surface area contributed by atoms with E-state index in [4.69, 9.17) is 0 Å². The molecule has 20 heavy (non-hydrogen) atoms. The van der Waals surface area contributed by atoms with Gasteiger partial charge in [0.15, 0.2) is 0 Å². The predicted octanol–water partition coefficient (Wildman–Crippen LogP) is 3.84. The molecular formula is C17H31N3. The molecule has 0 aliphatic heterocycles. The highest BCUT2D eigenvalue weighted by Crippen LogP contribution is 2.33. The van der Waals surface area contributed by atoms with Gasteiger partial charge in [-0.15, -0.1) is 0 Å². The zero-order valence-corrected chi connectivity index (χ0v) is 13.6. The lowest BCUT2D eigenvalue weighted by Gasteiger charge is -2.38. The number of hydrogen-bond donors (Lipinski definition) is 1. The lowest BCUT2D eigenvalue weighted by Crippen LogP contribution is -2.42. The van der Waals surface area contributed by atoms with E-state index in [0.29, 0.717) is 6.04 Å². The average molecular weight is 277 g/mol. The van der Waals surface area contributed by atoms with Gasteiger partial charge in [-0.1, -0.05) is 34.1 Å². The largest absolute Gasteiger partial charge is 0.333 e. The molecule has 0 amide bonds. The molecule has 3 atom stereocenters. The van der Waals surface area contributed by atoms with Crippen molar-refractivity contribution in [3.05, 3.63) is 18.2 Å². The summed E-state index contributed by atoms with van der Waals surface area (Å²) < 4.78 is 2.28. The normalized spacial score (nSPS) is 27.1. The van der Waals surface area contributed by atoms with Gasteiger partial charge >= 0.3 is 0 Å². The van der Waals surface area contributed by atoms with Crippen LogP contribution >= 0.6 is 0 Å². The van der Waals surface area contributed by atoms with Crippen LogP contribution in [0.5, 0.6) is 0 Å². The lowest BCUT2D eigenvalue weighted by atomic mass is 9.74. The zero-order valence-electron chi connectivity index (χ0n) is 13.6. The molecule has 1 fully saturated rings. The van der Waals surface area contributed by atoms with Crippen molar-refractivity contribution in [2.24, 2.45) is 17.8 Å². The number of imidazole rings is 1. The molecule has 1 saturated carbocycles. The van der Waals surface area contributed by atoms with Gasteiger partial charge in [-0.05, 0) is 37.0 Å². The van der Waals surface area contributed by atoms with Crippen LogP contribution < -0.4 is 5.32 Å². The van der Waals surface area contributed by atoms with Gasteiger partial charge in [0, 0.05) is 25.3 Å². The van der Waals surface area contributed by atoms with Crippen LogP contribution in [0.1, 0.15) is 59.1 Å². The van der Waals surface area contributed by atoms with Gasteiger partial charge in [0.05, 0.1) is 12.0 Å². The summed E-state index contributed by atoms with van der Waals surface area (Å²) in [6.07, 6.45) is 9.24. The van der Waals surface area contributed by atoms with Crippen LogP contribution in [0.4, 0.5) is 0 Å². The Kier molecular flexibility index (Phi) is 5.64. The van der Waals surface area contributed by atoms with Crippen LogP contribution in [0.2, 0.25) is 0 Å². The second kappa shape index (κ2) is 7.26. The first-order valence-electron chi connectivity index (χ1n) is 8.34. The molecule has 2 rings (SSSR count). The van der Waals surface area contributed by atoms with Gasteiger partial charge in [-0.25, -0.2) is 4.98 Å². The van der Waals surface area contributed by atoms with Crippen molar-refractivity contribution in [1.29, 1.82) is 0 Å². The van der Waals surface area contributed by atoms with Crippen LogP contribution in [0.3, 0.4) is 0 Å². The van der Waals surface area contributed by atoms with Crippen molar-refractivity contribution in [3.8, 4) is 0 Å². The fourth-order valence-corrected chi connectivity index (χ4v) is 3.61. The van der Waals surface area contributed by atoms with Crippen molar-refractivity contribution in [3.63, 3.8) is 0 Å². The fourth-order valence-electron chi connectivity index (χ4n) is 3.61. The Balaban J connectivity index is 1.94. The van der Waals surface area contributed by atoms with Gasteiger partial charge in [0.25, 0.3) is 0 Å². The van der Waals surface area contributed by atoms with E-state index < -0.39 is 0 Å². The molecule has 3 heteroatoms. The maximum absolute atomic E-state index is 4.30. The third kappa shape index (κ3) is 3.85. The van der Waals surface area contributed by atoms with Crippen molar-refractivity contribution < 1.29 is 0 Å². The minimum atomic E-state index is 0.670. The summed E-state index contributed by atoms with van der Waals surface area (Å²) in [6.45, 7) is 11.4. The molecule has 3 nitrogen and oxygen atoms in total. The van der Waals surface area contributed by atoms with E-state index in [-0.39, 0.29) is 0 Å². The molecule has 1 aromatic rings. The first kappa shape index (κ1) is 15.6. The number of aromatic nitrogens is 2. The maximum atomic E-state index is 4.30. The molecule has 3 unspecified atom stereocenters. The highest BCUT2D eigenvalue weighted by Gasteiger charge is 2.30. The van der Waals surface area contributed by atoms with Crippen molar-refractivity contribution >= 4 is 0 Å². The SMILES string of the molecule is CCCn1cncc1CNC1CC(C)CCC1C(C)C. The van der Waals surface area contributed by atoms with Crippen molar-refractivity contribution in [1.82, 2.24) is 14.9 Å². The third-order valence-electron chi connectivity index (χ3n) is 4.83. The van der Waals surface area contributed by atoms with Gasteiger partial charge in [-0.3, -0.25) is 0 Å². The van der Waals surface area contributed by atoms with E-state index in [1.807, 2.05) is 12.5 Å². The Hall–Kier alpha value is -0.830. The van der Waals surface area contributed by atoms with Gasteiger partial charge in [0.2, 0.25) is 0 Å². The summed E-state index contributed by atoms with van der Waals surface area (Å²) >= 11 is 0. The Bertz CT molecular complexity index is 397. The van der Waals surface area contributed by atoms with Gasteiger partial charge in [-0.2, -0.15) is 0 Å². The molecule has 1 aliphatic carbocycles. The summed E-state index contributed by atoms with van der Waals surface area (Å²) in [4.78, 5) is 4.30. The monoisotopic (exact) mass is 277 g/mol. The average Bonchev–Trinajstić information content (AvgIpc) is 2.84. The summed E-state index contributed by atoms with van der Waals surface area (Å²) in [5, 5.41) is 3.82. The summed E-state index contributed by atoms with van der Waals surface area (Å²) in [5.41, 5.74) is 1.33. The summed E-state index contributed by atoms with van der Waals surface area (Å²) in [5.74, 6) is 2.47. The Morgan fingerprint density at radius 3 is 2.90 bits per heavy atom. The number of rotatable bonds is 6. The molecule has 0 spiro atoms. The van der Waals surface area contributed by atoms with Crippen LogP contribution in [-0.4, -0.2) is 15.6 Å². The van der Waals surface area contributed by atoms with Gasteiger partial charge in [0.1, 0.15) is 0 Å². The molecule has 0 saturated heterocycles. The van der Waals surface area contributed by atoms with E-state index in [2.05, 4.69) is 42.6 Å². The lowest BCUT2D eigenvalue weighted by molar-refractivity contribution is 0.168. The summed E-state index contributed by atoms with van der Waals surface area (Å²) in [7, 11) is 0. The molecule has 1 heterocycles. The predicted molar refractivity (Wildman–Crippen MR) is 84.5 cm³/mol. The fraction of sp³-hybridized carbons (Fsp3) is 0.824.